The van der Waals surface area contributed by atoms with Crippen molar-refractivity contribution in [3.63, 3.8) is 0 Å². The van der Waals surface area contributed by atoms with Crippen molar-refractivity contribution < 1.29 is 14.3 Å². The van der Waals surface area contributed by atoms with Crippen molar-refractivity contribution in [3.05, 3.63) is 54.6 Å². The topological polar surface area (TPSA) is 95.6 Å². The van der Waals surface area contributed by atoms with E-state index in [1.54, 1.807) is 10.9 Å². The first-order chi connectivity index (χ1) is 12.1. The number of carbonyl (C=O) groups excluding carboxylic acids is 1. The molecule has 25 heavy (non-hydrogen) atoms. The van der Waals surface area contributed by atoms with Crippen LogP contribution in [0.15, 0.2) is 59.0 Å². The highest BCUT2D eigenvalue weighted by molar-refractivity contribution is 5.94. The van der Waals surface area contributed by atoms with E-state index in [4.69, 9.17) is 0 Å². The van der Waals surface area contributed by atoms with Crippen LogP contribution in [0.4, 0.5) is 10.1 Å². The van der Waals surface area contributed by atoms with Gasteiger partial charge >= 0.3 is 0 Å². The van der Waals surface area contributed by atoms with Crippen LogP contribution < -0.4 is 0 Å². The lowest BCUT2D eigenvalue weighted by Gasteiger charge is -1.99. The fourth-order valence-electron chi connectivity index (χ4n) is 2.66. The van der Waals surface area contributed by atoms with Crippen molar-refractivity contribution in [2.45, 2.75) is 6.54 Å². The summed E-state index contributed by atoms with van der Waals surface area (Å²) in [6.07, 6.45) is 1.55. The molecule has 2 heterocycles. The van der Waals surface area contributed by atoms with Gasteiger partial charge in [-0.15, -0.1) is 10.2 Å². The molecule has 0 unspecified atom stereocenters. The number of aromatic nitrogens is 3. The van der Waals surface area contributed by atoms with Gasteiger partial charge in [0, 0.05) is 5.39 Å². The molecule has 0 atom stereocenters. The maximum atomic E-state index is 13.4. The van der Waals surface area contributed by atoms with Crippen molar-refractivity contribution in [1.82, 2.24) is 14.5 Å². The van der Waals surface area contributed by atoms with Crippen LogP contribution in [0.25, 0.3) is 21.9 Å². The predicted octanol–water partition coefficient (Wildman–Crippen LogP) is 3.67. The van der Waals surface area contributed by atoms with E-state index in [-0.39, 0.29) is 18.1 Å². The minimum Gasteiger partial charge on any atom is -0.493 e. The van der Waals surface area contributed by atoms with Gasteiger partial charge in [0.25, 0.3) is 5.91 Å². The molecule has 0 aliphatic rings. The van der Waals surface area contributed by atoms with Gasteiger partial charge in [-0.2, -0.15) is 0 Å². The molecule has 124 valence electrons. The monoisotopic (exact) mass is 337 g/mol. The second-order valence-corrected chi connectivity index (χ2v) is 5.47. The molecular formula is C17H12FN5O2. The number of azo groups is 1. The maximum Gasteiger partial charge on any atom is 0.284 e. The highest BCUT2D eigenvalue weighted by Gasteiger charge is 2.12. The Bertz CT molecular complexity index is 1130. The Morgan fingerprint density at radius 2 is 2.12 bits per heavy atom. The maximum absolute atomic E-state index is 13.4. The molecule has 0 fully saturated rings. The zero-order valence-corrected chi connectivity index (χ0v) is 12.8. The van der Waals surface area contributed by atoms with Crippen LogP contribution >= 0.6 is 0 Å². The van der Waals surface area contributed by atoms with Gasteiger partial charge in [-0.3, -0.25) is 4.79 Å². The van der Waals surface area contributed by atoms with Crippen LogP contribution in [-0.2, 0) is 11.3 Å². The van der Waals surface area contributed by atoms with E-state index in [9.17, 15) is 14.3 Å². The number of H-pyrrole nitrogens is 1. The number of nitrogens with zero attached hydrogens (tertiary/aromatic N) is 4. The molecule has 2 N–H and O–H groups in total. The van der Waals surface area contributed by atoms with Gasteiger partial charge in [-0.25, -0.2) is 9.37 Å². The molecule has 4 rings (SSSR count). The summed E-state index contributed by atoms with van der Waals surface area (Å²) in [6.45, 7) is -0.0402. The Labute approximate surface area is 140 Å². The highest BCUT2D eigenvalue weighted by Crippen LogP contribution is 2.35. The smallest absolute Gasteiger partial charge is 0.284 e. The molecule has 8 heteroatoms. The van der Waals surface area contributed by atoms with Gasteiger partial charge in [0.1, 0.15) is 12.4 Å². The predicted molar refractivity (Wildman–Crippen MR) is 89.2 cm³/mol. The molecule has 0 aliphatic heterocycles. The summed E-state index contributed by atoms with van der Waals surface area (Å²) < 4.78 is 15.0. The first-order valence-corrected chi connectivity index (χ1v) is 7.46. The molecular weight excluding hydrogens is 325 g/mol. The van der Waals surface area contributed by atoms with E-state index in [0.717, 1.165) is 11.0 Å². The molecule has 0 spiro atoms. The Kier molecular flexibility index (Phi) is 3.50. The summed E-state index contributed by atoms with van der Waals surface area (Å²) in [5.41, 5.74) is 2.11. The quantitative estimate of drug-likeness (QED) is 0.558. The van der Waals surface area contributed by atoms with E-state index in [0.29, 0.717) is 10.9 Å². The third-order valence-corrected chi connectivity index (χ3v) is 3.81. The summed E-state index contributed by atoms with van der Waals surface area (Å²) in [7, 11) is 0. The Hall–Kier alpha value is -3.55. The summed E-state index contributed by atoms with van der Waals surface area (Å²) in [5.74, 6) is -1.27. The second kappa shape index (κ2) is 5.82. The van der Waals surface area contributed by atoms with E-state index < -0.39 is 11.7 Å². The number of rotatable bonds is 3. The van der Waals surface area contributed by atoms with Crippen LogP contribution in [0.2, 0.25) is 0 Å². The Morgan fingerprint density at radius 3 is 3.00 bits per heavy atom. The van der Waals surface area contributed by atoms with Gasteiger partial charge < -0.3 is 14.7 Å². The van der Waals surface area contributed by atoms with Gasteiger partial charge in [0.15, 0.2) is 5.69 Å². The number of fused-ring (bicyclic) bond motifs is 2. The summed E-state index contributed by atoms with van der Waals surface area (Å²) in [6, 6.07) is 11.4. The Balaban J connectivity index is 1.60. The SMILES string of the molecule is O=C(Cn1cnc2ccccc21)N=Nc1c(O)[nH]c2ccc(F)cc12. The van der Waals surface area contributed by atoms with E-state index in [1.807, 2.05) is 24.3 Å². The van der Waals surface area contributed by atoms with Crippen LogP contribution in [0.3, 0.4) is 0 Å². The lowest BCUT2D eigenvalue weighted by Crippen LogP contribution is -2.05. The van der Waals surface area contributed by atoms with Gasteiger partial charge in [-0.05, 0) is 30.3 Å². The molecule has 4 aromatic rings. The average Bonchev–Trinajstić information content (AvgIpc) is 3.14. The van der Waals surface area contributed by atoms with Gasteiger partial charge in [0.05, 0.1) is 22.9 Å². The fraction of sp³-hybridized carbons (Fsp3) is 0.0588. The zero-order chi connectivity index (χ0) is 17.4. The number of carbonyl (C=O) groups is 1. The van der Waals surface area contributed by atoms with E-state index in [1.165, 1.54) is 18.2 Å². The molecule has 2 aromatic carbocycles. The molecule has 2 aromatic heterocycles. The normalized spacial score (nSPS) is 11.7. The number of para-hydroxylation sites is 2. The lowest BCUT2D eigenvalue weighted by molar-refractivity contribution is -0.118. The molecule has 0 aliphatic carbocycles. The van der Waals surface area contributed by atoms with Gasteiger partial charge in [0.2, 0.25) is 5.88 Å². The summed E-state index contributed by atoms with van der Waals surface area (Å²) in [5, 5.41) is 17.6. The molecule has 1 amide bonds. The Morgan fingerprint density at radius 1 is 1.28 bits per heavy atom. The molecule has 0 saturated heterocycles. The zero-order valence-electron chi connectivity index (χ0n) is 12.8. The van der Waals surface area contributed by atoms with Crippen LogP contribution in [0, 0.1) is 5.82 Å². The standard InChI is InChI=1S/C17H12FN5O2/c18-10-5-6-12-11(7-10)16(17(25)20-12)22-21-15(24)8-23-9-19-13-3-1-2-4-14(13)23/h1-7,9,20,25H,8H2. The number of hydrogen-bond donors (Lipinski definition) is 2. The second-order valence-electron chi connectivity index (χ2n) is 5.47. The molecule has 7 nitrogen and oxygen atoms in total. The number of amides is 1. The number of imidazole rings is 1. The van der Waals surface area contributed by atoms with Crippen molar-refractivity contribution in [1.29, 1.82) is 0 Å². The van der Waals surface area contributed by atoms with E-state index in [2.05, 4.69) is 20.2 Å². The van der Waals surface area contributed by atoms with Crippen molar-refractivity contribution in [2.75, 3.05) is 0 Å². The minimum absolute atomic E-state index is 0.0262. The van der Waals surface area contributed by atoms with Crippen molar-refractivity contribution in [3.8, 4) is 5.88 Å². The number of hydrogen-bond acceptors (Lipinski definition) is 4. The van der Waals surface area contributed by atoms with Crippen LogP contribution in [-0.4, -0.2) is 25.5 Å². The lowest BCUT2D eigenvalue weighted by atomic mass is 10.2. The molecule has 0 bridgehead atoms. The first kappa shape index (κ1) is 15.0. The van der Waals surface area contributed by atoms with Crippen molar-refractivity contribution >= 4 is 33.5 Å². The molecule has 0 saturated carbocycles. The number of halogens is 1. The number of nitrogens with one attached hydrogen (secondary N) is 1. The van der Waals surface area contributed by atoms with Crippen LogP contribution in [0.1, 0.15) is 0 Å². The molecule has 0 radical (unpaired) electrons. The summed E-state index contributed by atoms with van der Waals surface area (Å²) in [4.78, 5) is 18.9. The first-order valence-electron chi connectivity index (χ1n) is 7.46. The summed E-state index contributed by atoms with van der Waals surface area (Å²) >= 11 is 0. The number of benzene rings is 2. The number of aromatic hydroxyl groups is 1. The largest absolute Gasteiger partial charge is 0.493 e. The third kappa shape index (κ3) is 2.74. The third-order valence-electron chi connectivity index (χ3n) is 3.81. The fourth-order valence-corrected chi connectivity index (χ4v) is 2.66. The van der Waals surface area contributed by atoms with Crippen LogP contribution in [0.5, 0.6) is 5.88 Å². The van der Waals surface area contributed by atoms with Gasteiger partial charge in [-0.1, -0.05) is 12.1 Å². The van der Waals surface area contributed by atoms with E-state index >= 15 is 0 Å². The average molecular weight is 337 g/mol. The van der Waals surface area contributed by atoms with Crippen molar-refractivity contribution in [2.24, 2.45) is 10.2 Å². The minimum atomic E-state index is -0.520. The highest BCUT2D eigenvalue weighted by atomic mass is 19.1. The number of aromatic amines is 1.